The minimum Gasteiger partial charge on any atom is -0.352 e. The number of rotatable bonds is 7. The first-order valence-corrected chi connectivity index (χ1v) is 7.16. The van der Waals surface area contributed by atoms with Gasteiger partial charge in [0, 0.05) is 24.8 Å². The quantitative estimate of drug-likeness (QED) is 0.710. The minimum absolute atomic E-state index is 0.0244. The van der Waals surface area contributed by atoms with Crippen molar-refractivity contribution in [3.63, 3.8) is 0 Å². The van der Waals surface area contributed by atoms with Crippen LogP contribution in [0.4, 0.5) is 0 Å². The first-order valence-electron chi connectivity index (χ1n) is 7.16. The van der Waals surface area contributed by atoms with Crippen LogP contribution < -0.4 is 22.3 Å². The second-order valence-corrected chi connectivity index (χ2v) is 5.46. The zero-order valence-electron chi connectivity index (χ0n) is 12.8. The second kappa shape index (κ2) is 7.78. The SMILES string of the molecule is CC(C)C(C)NC(=O)Cn1ccc(=O)n(CCCN)c1=O. The predicted molar refractivity (Wildman–Crippen MR) is 81.1 cm³/mol. The number of carbonyl (C=O) groups excluding carboxylic acids is 1. The van der Waals surface area contributed by atoms with Gasteiger partial charge in [-0.25, -0.2) is 4.79 Å². The average Bonchev–Trinajstić information content (AvgIpc) is 2.41. The van der Waals surface area contributed by atoms with Crippen LogP contribution in [0.1, 0.15) is 27.2 Å². The summed E-state index contributed by atoms with van der Waals surface area (Å²) in [6.45, 7) is 6.48. The van der Waals surface area contributed by atoms with E-state index in [1.165, 1.54) is 16.8 Å². The molecule has 0 saturated carbocycles. The normalized spacial score (nSPS) is 12.4. The first-order chi connectivity index (χ1) is 9.86. The average molecular weight is 296 g/mol. The first kappa shape index (κ1) is 17.2. The highest BCUT2D eigenvalue weighted by molar-refractivity contribution is 5.76. The molecule has 7 heteroatoms. The van der Waals surface area contributed by atoms with Gasteiger partial charge >= 0.3 is 5.69 Å². The van der Waals surface area contributed by atoms with Crippen molar-refractivity contribution >= 4 is 5.91 Å². The zero-order chi connectivity index (χ0) is 16.0. The van der Waals surface area contributed by atoms with E-state index in [4.69, 9.17) is 5.73 Å². The van der Waals surface area contributed by atoms with Crippen molar-refractivity contribution in [1.29, 1.82) is 0 Å². The molecule has 1 aromatic rings. The molecule has 0 fully saturated rings. The summed E-state index contributed by atoms with van der Waals surface area (Å²) in [7, 11) is 0. The largest absolute Gasteiger partial charge is 0.352 e. The number of nitrogens with one attached hydrogen (secondary N) is 1. The maximum Gasteiger partial charge on any atom is 0.331 e. The van der Waals surface area contributed by atoms with E-state index in [1.54, 1.807) is 0 Å². The van der Waals surface area contributed by atoms with Gasteiger partial charge in [-0.15, -0.1) is 0 Å². The molecule has 0 radical (unpaired) electrons. The zero-order valence-corrected chi connectivity index (χ0v) is 12.8. The van der Waals surface area contributed by atoms with Crippen LogP contribution >= 0.6 is 0 Å². The molecule has 0 saturated heterocycles. The Labute approximate surface area is 123 Å². The van der Waals surface area contributed by atoms with Crippen molar-refractivity contribution in [3.8, 4) is 0 Å². The van der Waals surface area contributed by atoms with Gasteiger partial charge in [0.15, 0.2) is 0 Å². The van der Waals surface area contributed by atoms with Crippen LogP contribution in [0.2, 0.25) is 0 Å². The summed E-state index contributed by atoms with van der Waals surface area (Å²) in [5.41, 5.74) is 4.53. The molecule has 118 valence electrons. The molecule has 7 nitrogen and oxygen atoms in total. The molecule has 0 spiro atoms. The van der Waals surface area contributed by atoms with Gasteiger partial charge < -0.3 is 11.1 Å². The Morgan fingerprint density at radius 2 is 2.00 bits per heavy atom. The summed E-state index contributed by atoms with van der Waals surface area (Å²) >= 11 is 0. The number of carbonyl (C=O) groups is 1. The van der Waals surface area contributed by atoms with E-state index < -0.39 is 5.69 Å². The maximum atomic E-state index is 12.2. The molecule has 0 aliphatic carbocycles. The van der Waals surface area contributed by atoms with Crippen LogP contribution in [0.25, 0.3) is 0 Å². The number of hydrogen-bond acceptors (Lipinski definition) is 4. The third-order valence-electron chi connectivity index (χ3n) is 3.43. The molecule has 3 N–H and O–H groups in total. The van der Waals surface area contributed by atoms with Crippen molar-refractivity contribution < 1.29 is 4.79 Å². The van der Waals surface area contributed by atoms with Gasteiger partial charge in [0.05, 0.1) is 0 Å². The second-order valence-electron chi connectivity index (χ2n) is 5.46. The van der Waals surface area contributed by atoms with Gasteiger partial charge in [-0.3, -0.25) is 18.7 Å². The number of nitrogens with zero attached hydrogens (tertiary/aromatic N) is 2. The maximum absolute atomic E-state index is 12.2. The highest BCUT2D eigenvalue weighted by Crippen LogP contribution is 1.99. The lowest BCUT2D eigenvalue weighted by atomic mass is 10.1. The fraction of sp³-hybridized carbons (Fsp3) is 0.643. The predicted octanol–water partition coefficient (Wildman–Crippen LogP) is -0.480. The smallest absolute Gasteiger partial charge is 0.331 e. The van der Waals surface area contributed by atoms with Crippen molar-refractivity contribution in [2.75, 3.05) is 6.54 Å². The van der Waals surface area contributed by atoms with Crippen LogP contribution in [-0.2, 0) is 17.9 Å². The third kappa shape index (κ3) is 4.86. The van der Waals surface area contributed by atoms with Crippen LogP contribution in [0.15, 0.2) is 21.9 Å². The summed E-state index contributed by atoms with van der Waals surface area (Å²) in [5, 5.41) is 2.83. The van der Waals surface area contributed by atoms with E-state index in [9.17, 15) is 14.4 Å². The third-order valence-corrected chi connectivity index (χ3v) is 3.43. The summed E-state index contributed by atoms with van der Waals surface area (Å²) in [6, 6.07) is 1.31. The Morgan fingerprint density at radius 1 is 1.33 bits per heavy atom. The fourth-order valence-electron chi connectivity index (χ4n) is 1.75. The molecule has 0 bridgehead atoms. The fourth-order valence-corrected chi connectivity index (χ4v) is 1.75. The van der Waals surface area contributed by atoms with Crippen molar-refractivity contribution in [3.05, 3.63) is 33.1 Å². The standard InChI is InChI=1S/C14H24N4O3/c1-10(2)11(3)16-12(19)9-17-8-5-13(20)18(14(17)21)7-4-6-15/h5,8,10-11H,4,6-7,9,15H2,1-3H3,(H,16,19). The Hall–Kier alpha value is -1.89. The summed E-state index contributed by atoms with van der Waals surface area (Å²) in [4.78, 5) is 35.7. The van der Waals surface area contributed by atoms with Crippen molar-refractivity contribution in [1.82, 2.24) is 14.5 Å². The monoisotopic (exact) mass is 296 g/mol. The van der Waals surface area contributed by atoms with E-state index in [0.717, 1.165) is 4.57 Å². The molecule has 0 aliphatic heterocycles. The highest BCUT2D eigenvalue weighted by atomic mass is 16.2. The van der Waals surface area contributed by atoms with E-state index in [-0.39, 0.29) is 30.6 Å². The molecule has 1 heterocycles. The Morgan fingerprint density at radius 3 is 2.57 bits per heavy atom. The van der Waals surface area contributed by atoms with Crippen LogP contribution in [0, 0.1) is 5.92 Å². The van der Waals surface area contributed by atoms with Crippen LogP contribution in [0.3, 0.4) is 0 Å². The van der Waals surface area contributed by atoms with Gasteiger partial charge in [-0.05, 0) is 25.8 Å². The lowest BCUT2D eigenvalue weighted by Crippen LogP contribution is -2.44. The molecule has 0 aromatic carbocycles. The Balaban J connectivity index is 2.87. The van der Waals surface area contributed by atoms with E-state index in [0.29, 0.717) is 18.9 Å². The summed E-state index contributed by atoms with van der Waals surface area (Å²) < 4.78 is 2.34. The molecule has 1 aromatic heterocycles. The number of nitrogens with two attached hydrogens (primary N) is 1. The van der Waals surface area contributed by atoms with Gasteiger partial charge in [-0.1, -0.05) is 13.8 Å². The number of hydrogen-bond donors (Lipinski definition) is 2. The van der Waals surface area contributed by atoms with Gasteiger partial charge in [0.25, 0.3) is 5.56 Å². The molecule has 1 rings (SSSR count). The summed E-state index contributed by atoms with van der Waals surface area (Å²) in [6.07, 6.45) is 1.89. The van der Waals surface area contributed by atoms with Crippen molar-refractivity contribution in [2.24, 2.45) is 11.7 Å². The molecular weight excluding hydrogens is 272 g/mol. The molecular formula is C14H24N4O3. The van der Waals surface area contributed by atoms with E-state index >= 15 is 0 Å². The van der Waals surface area contributed by atoms with Gasteiger partial charge in [0.1, 0.15) is 6.54 Å². The molecule has 1 atom stereocenters. The highest BCUT2D eigenvalue weighted by Gasteiger charge is 2.13. The number of aromatic nitrogens is 2. The van der Waals surface area contributed by atoms with Gasteiger partial charge in [0.2, 0.25) is 5.91 Å². The van der Waals surface area contributed by atoms with E-state index in [2.05, 4.69) is 5.32 Å². The molecule has 1 amide bonds. The molecule has 1 unspecified atom stereocenters. The minimum atomic E-state index is -0.483. The Bertz CT molecular complexity index is 589. The molecule has 21 heavy (non-hydrogen) atoms. The van der Waals surface area contributed by atoms with Crippen LogP contribution in [0.5, 0.6) is 0 Å². The summed E-state index contributed by atoms with van der Waals surface area (Å²) in [5.74, 6) is 0.0616. The molecule has 0 aliphatic rings. The van der Waals surface area contributed by atoms with Crippen LogP contribution in [-0.4, -0.2) is 27.6 Å². The van der Waals surface area contributed by atoms with Crippen molar-refractivity contribution in [2.45, 2.75) is 46.3 Å². The lowest BCUT2D eigenvalue weighted by Gasteiger charge is -2.18. The van der Waals surface area contributed by atoms with E-state index in [1.807, 2.05) is 20.8 Å². The number of amides is 1. The topological polar surface area (TPSA) is 99.1 Å². The van der Waals surface area contributed by atoms with Gasteiger partial charge in [-0.2, -0.15) is 0 Å². The Kier molecular flexibility index (Phi) is 6.36. The lowest BCUT2D eigenvalue weighted by molar-refractivity contribution is -0.122.